The first-order valence-electron chi connectivity index (χ1n) is 9.60. The quantitative estimate of drug-likeness (QED) is 0.173. The van der Waals surface area contributed by atoms with Crippen molar-refractivity contribution < 1.29 is 14.3 Å². The molecule has 0 bridgehead atoms. The summed E-state index contributed by atoms with van der Waals surface area (Å²) < 4.78 is 11.2. The molecule has 3 rings (SSSR count). The minimum absolute atomic E-state index is 0.207. The van der Waals surface area contributed by atoms with Crippen LogP contribution in [0.25, 0.3) is 10.4 Å². The van der Waals surface area contributed by atoms with E-state index >= 15 is 0 Å². The first-order valence-corrected chi connectivity index (χ1v) is 13.1. The molecule has 1 amide bonds. The van der Waals surface area contributed by atoms with Crippen molar-refractivity contribution in [2.24, 2.45) is 5.11 Å². The van der Waals surface area contributed by atoms with Crippen LogP contribution in [0.15, 0.2) is 59.7 Å². The van der Waals surface area contributed by atoms with E-state index < -0.39 is 26.3 Å². The highest BCUT2D eigenvalue weighted by Gasteiger charge is 2.53. The normalized spacial score (nSPS) is 18.9. The molecular weight excluding hydrogens is 396 g/mol. The number of carbonyl (C=O) groups excluding carboxylic acids is 1. The van der Waals surface area contributed by atoms with Gasteiger partial charge in [0, 0.05) is 10.6 Å². The molecule has 2 aromatic carbocycles. The van der Waals surface area contributed by atoms with Gasteiger partial charge in [-0.1, -0.05) is 48.9 Å². The molecule has 1 saturated heterocycles. The predicted octanol–water partition coefficient (Wildman–Crippen LogP) is 4.42. The Morgan fingerprint density at radius 3 is 2.33 bits per heavy atom. The molecule has 8 heteroatoms. The van der Waals surface area contributed by atoms with E-state index in [0.717, 1.165) is 0 Å². The van der Waals surface area contributed by atoms with Crippen molar-refractivity contribution in [1.82, 2.24) is 0 Å². The largest absolute Gasteiger partial charge is 0.497 e. The van der Waals surface area contributed by atoms with Crippen molar-refractivity contribution >= 4 is 19.7 Å². The van der Waals surface area contributed by atoms with Gasteiger partial charge in [0.2, 0.25) is 0 Å². The van der Waals surface area contributed by atoms with Crippen LogP contribution in [0.5, 0.6) is 11.5 Å². The van der Waals surface area contributed by atoms with Crippen molar-refractivity contribution in [3.05, 3.63) is 65.0 Å². The van der Waals surface area contributed by atoms with Gasteiger partial charge in [0.05, 0.1) is 7.11 Å². The van der Waals surface area contributed by atoms with Gasteiger partial charge in [-0.2, -0.15) is 0 Å². The molecule has 30 heavy (non-hydrogen) atoms. The van der Waals surface area contributed by atoms with Crippen molar-refractivity contribution in [2.75, 3.05) is 12.0 Å². The summed E-state index contributed by atoms with van der Waals surface area (Å²) in [6.07, 6.45) is -0.791. The van der Waals surface area contributed by atoms with Crippen LogP contribution in [0.4, 0.5) is 5.69 Å². The third kappa shape index (κ3) is 4.77. The van der Waals surface area contributed by atoms with Gasteiger partial charge in [-0.25, -0.2) is 0 Å². The molecule has 0 radical (unpaired) electrons. The Balaban J connectivity index is 1.98. The van der Waals surface area contributed by atoms with Gasteiger partial charge in [-0.3, -0.25) is 4.79 Å². The highest BCUT2D eigenvalue weighted by atomic mass is 28.3. The maximum atomic E-state index is 13.0. The molecule has 1 heterocycles. The maximum absolute atomic E-state index is 13.0. The van der Waals surface area contributed by atoms with Crippen molar-refractivity contribution in [3.8, 4) is 23.0 Å². The van der Waals surface area contributed by atoms with E-state index in [1.807, 2.05) is 18.2 Å². The van der Waals surface area contributed by atoms with Gasteiger partial charge in [0.15, 0.2) is 6.10 Å². The SMILES string of the molecule is COc1ccc(N2C(=O)[C@H](Oc3ccccc3)[C@@H]2[C@H](C#C[Si](C)(C)C)N=[N+]=[N-])cc1. The second-order valence-corrected chi connectivity index (χ2v) is 12.7. The summed E-state index contributed by atoms with van der Waals surface area (Å²) >= 11 is 0. The van der Waals surface area contributed by atoms with Crippen molar-refractivity contribution in [2.45, 2.75) is 37.8 Å². The Bertz CT molecular complexity index is 1000. The number of hydrogen-bond acceptors (Lipinski definition) is 4. The number of nitrogens with zero attached hydrogens (tertiary/aromatic N) is 4. The number of hydrogen-bond donors (Lipinski definition) is 0. The van der Waals surface area contributed by atoms with Gasteiger partial charge in [-0.05, 0) is 41.9 Å². The summed E-state index contributed by atoms with van der Waals surface area (Å²) in [5.41, 5.74) is 13.1. The standard InChI is InChI=1S/C22H24N4O3Si/c1-28-17-12-10-16(11-13-17)26-20(19(24-25-23)14-15-30(2,3)4)21(22(26)27)29-18-8-6-5-7-9-18/h5-13,19-21H,1-4H3/t19-,20-,21+/m0/s1. The van der Waals surface area contributed by atoms with Crippen molar-refractivity contribution in [1.29, 1.82) is 0 Å². The Kier molecular flexibility index (Phi) is 6.36. The summed E-state index contributed by atoms with van der Waals surface area (Å²) in [7, 11) is -0.132. The summed E-state index contributed by atoms with van der Waals surface area (Å²) in [5.74, 6) is 4.17. The highest BCUT2D eigenvalue weighted by Crippen LogP contribution is 2.35. The molecule has 1 fully saturated rings. The monoisotopic (exact) mass is 420 g/mol. The van der Waals surface area contributed by atoms with Gasteiger partial charge in [-0.15, -0.1) is 5.54 Å². The summed E-state index contributed by atoms with van der Waals surface area (Å²) in [6, 6.07) is 15.0. The first-order chi connectivity index (χ1) is 14.3. The van der Waals surface area contributed by atoms with Gasteiger partial charge in [0.1, 0.15) is 31.7 Å². The molecule has 0 aromatic heterocycles. The Hall–Kier alpha value is -3.40. The number of carbonyl (C=O) groups is 1. The second-order valence-electron chi connectivity index (χ2n) is 7.92. The Labute approximate surface area is 177 Å². The molecule has 0 aliphatic carbocycles. The van der Waals surface area contributed by atoms with Crippen LogP contribution in [0.2, 0.25) is 19.6 Å². The summed E-state index contributed by atoms with van der Waals surface area (Å²) in [4.78, 5) is 17.6. The second kappa shape index (κ2) is 8.95. The summed E-state index contributed by atoms with van der Waals surface area (Å²) in [5, 5.41) is 3.92. The Morgan fingerprint density at radius 1 is 1.10 bits per heavy atom. The zero-order chi connectivity index (χ0) is 21.7. The van der Waals surface area contributed by atoms with E-state index in [1.165, 1.54) is 0 Å². The number of rotatable bonds is 6. The molecule has 0 N–H and O–H groups in total. The van der Waals surface area contributed by atoms with Crippen LogP contribution in [-0.4, -0.2) is 39.3 Å². The molecule has 154 valence electrons. The van der Waals surface area contributed by atoms with Crippen LogP contribution in [0, 0.1) is 11.5 Å². The number of azide groups is 1. The zero-order valence-electron chi connectivity index (χ0n) is 17.4. The number of amides is 1. The molecule has 0 unspecified atom stereocenters. The number of β-lactam (4-membered cyclic amide) rings is 1. The number of ether oxygens (including phenoxy) is 2. The van der Waals surface area contributed by atoms with Gasteiger partial charge < -0.3 is 14.4 Å². The van der Waals surface area contributed by atoms with Crippen LogP contribution >= 0.6 is 0 Å². The molecule has 7 nitrogen and oxygen atoms in total. The number of para-hydroxylation sites is 1. The smallest absolute Gasteiger partial charge is 0.270 e. The fourth-order valence-electron chi connectivity index (χ4n) is 3.13. The highest BCUT2D eigenvalue weighted by molar-refractivity contribution is 6.83. The van der Waals surface area contributed by atoms with Crippen LogP contribution in [0.3, 0.4) is 0 Å². The lowest BCUT2D eigenvalue weighted by Crippen LogP contribution is -2.71. The van der Waals surface area contributed by atoms with Crippen LogP contribution in [-0.2, 0) is 4.79 Å². The first kappa shape index (κ1) is 21.3. The maximum Gasteiger partial charge on any atom is 0.270 e. The number of anilines is 1. The van der Waals surface area contributed by atoms with E-state index in [4.69, 9.17) is 15.0 Å². The third-order valence-electron chi connectivity index (χ3n) is 4.54. The number of benzene rings is 2. The van der Waals surface area contributed by atoms with E-state index in [0.29, 0.717) is 17.2 Å². The predicted molar refractivity (Wildman–Crippen MR) is 119 cm³/mol. The molecule has 1 aliphatic heterocycles. The van der Waals surface area contributed by atoms with Crippen molar-refractivity contribution in [3.63, 3.8) is 0 Å². The lowest BCUT2D eigenvalue weighted by molar-refractivity contribution is -0.135. The molecule has 0 spiro atoms. The fourth-order valence-corrected chi connectivity index (χ4v) is 3.71. The lowest BCUT2D eigenvalue weighted by atomic mass is 9.90. The topological polar surface area (TPSA) is 87.5 Å². The van der Waals surface area contributed by atoms with Crippen LogP contribution in [0.1, 0.15) is 0 Å². The molecule has 2 aromatic rings. The molecule has 3 atom stereocenters. The van der Waals surface area contributed by atoms with Gasteiger partial charge >= 0.3 is 0 Å². The zero-order valence-corrected chi connectivity index (χ0v) is 18.4. The lowest BCUT2D eigenvalue weighted by Gasteiger charge is -2.47. The van der Waals surface area contributed by atoms with Crippen LogP contribution < -0.4 is 14.4 Å². The van der Waals surface area contributed by atoms with E-state index in [2.05, 4.69) is 41.1 Å². The van der Waals surface area contributed by atoms with E-state index in [9.17, 15) is 4.79 Å². The average Bonchev–Trinajstić information content (AvgIpc) is 2.74. The minimum atomic E-state index is -1.72. The Morgan fingerprint density at radius 2 is 1.77 bits per heavy atom. The number of methoxy groups -OCH3 is 1. The average molecular weight is 421 g/mol. The molecular formula is C22H24N4O3Si. The van der Waals surface area contributed by atoms with E-state index in [1.54, 1.807) is 48.4 Å². The third-order valence-corrected chi connectivity index (χ3v) is 5.43. The molecule has 1 aliphatic rings. The minimum Gasteiger partial charge on any atom is -0.497 e. The summed E-state index contributed by atoms with van der Waals surface area (Å²) in [6.45, 7) is 6.33. The van der Waals surface area contributed by atoms with E-state index in [-0.39, 0.29) is 5.91 Å². The molecule has 0 saturated carbocycles. The van der Waals surface area contributed by atoms with Gasteiger partial charge in [0.25, 0.3) is 5.91 Å². The fraction of sp³-hybridized carbons (Fsp3) is 0.318.